The summed E-state index contributed by atoms with van der Waals surface area (Å²) < 4.78 is 0. The van der Waals surface area contributed by atoms with Crippen LogP contribution in [0.15, 0.2) is 0 Å². The monoisotopic (exact) mass is 256 g/mol. The molecule has 1 amide bonds. The molecular formula is C12H20N2O4. The first kappa shape index (κ1) is 13.3. The number of carbonyl (C=O) groups is 2. The predicted molar refractivity (Wildman–Crippen MR) is 64.0 cm³/mol. The van der Waals surface area contributed by atoms with Crippen molar-refractivity contribution in [3.8, 4) is 0 Å². The molecule has 3 N–H and O–H groups in total. The number of β-amino-alcohol motifs (C(OH)–C–C–N with tert-alkyl or cyclic N) is 1. The molecule has 2 aliphatic rings. The molecule has 6 nitrogen and oxygen atoms in total. The summed E-state index contributed by atoms with van der Waals surface area (Å²) in [6.07, 6.45) is 1.88. The van der Waals surface area contributed by atoms with Crippen molar-refractivity contribution in [2.75, 3.05) is 19.6 Å². The van der Waals surface area contributed by atoms with Crippen LogP contribution in [0.25, 0.3) is 0 Å². The Morgan fingerprint density at radius 3 is 2.78 bits per heavy atom. The first-order chi connectivity index (χ1) is 8.58. The lowest BCUT2D eigenvalue weighted by molar-refractivity contribution is -0.148. The van der Waals surface area contributed by atoms with Crippen molar-refractivity contribution >= 4 is 11.9 Å². The molecule has 0 aliphatic carbocycles. The molecule has 2 aliphatic heterocycles. The molecule has 6 heteroatoms. The van der Waals surface area contributed by atoms with Gasteiger partial charge < -0.3 is 20.4 Å². The van der Waals surface area contributed by atoms with E-state index in [1.807, 2.05) is 0 Å². The number of hydrogen-bond acceptors (Lipinski definition) is 4. The maximum Gasteiger partial charge on any atom is 0.326 e. The Labute approximate surface area is 106 Å². The summed E-state index contributed by atoms with van der Waals surface area (Å²) in [5, 5.41) is 21.8. The van der Waals surface area contributed by atoms with Gasteiger partial charge in [-0.15, -0.1) is 0 Å². The lowest BCUT2D eigenvalue weighted by Crippen LogP contribution is -2.42. The topological polar surface area (TPSA) is 89.9 Å². The van der Waals surface area contributed by atoms with E-state index in [2.05, 4.69) is 5.32 Å². The Morgan fingerprint density at radius 2 is 2.17 bits per heavy atom. The fourth-order valence-electron chi connectivity index (χ4n) is 2.79. The largest absolute Gasteiger partial charge is 0.480 e. The summed E-state index contributed by atoms with van der Waals surface area (Å²) in [5.41, 5.74) is 0. The number of hydrogen-bond donors (Lipinski definition) is 3. The van der Waals surface area contributed by atoms with Crippen LogP contribution in [-0.2, 0) is 9.59 Å². The van der Waals surface area contributed by atoms with Crippen LogP contribution in [0.4, 0.5) is 0 Å². The summed E-state index contributed by atoms with van der Waals surface area (Å²) in [6, 6.07) is -0.857. The number of nitrogens with one attached hydrogen (secondary N) is 1. The molecule has 0 radical (unpaired) electrons. The minimum absolute atomic E-state index is 0.143. The number of aliphatic carboxylic acids is 1. The molecule has 2 fully saturated rings. The first-order valence-electron chi connectivity index (χ1n) is 6.49. The standard InChI is InChI=1S/C12H20N2O4/c15-9-5-10(12(17)18)14(7-9)11(16)4-8-2-1-3-13-6-8/h8-10,13,15H,1-7H2,(H,17,18)/t8?,9-,10-/m0/s1. The zero-order valence-electron chi connectivity index (χ0n) is 10.3. The maximum absolute atomic E-state index is 12.1. The van der Waals surface area contributed by atoms with Gasteiger partial charge in [-0.05, 0) is 31.8 Å². The van der Waals surface area contributed by atoms with Crippen molar-refractivity contribution in [2.24, 2.45) is 5.92 Å². The number of amides is 1. The lowest BCUT2D eigenvalue weighted by atomic mass is 9.95. The number of carboxylic acids is 1. The summed E-state index contributed by atoms with van der Waals surface area (Å²) >= 11 is 0. The van der Waals surface area contributed by atoms with Crippen LogP contribution in [0.2, 0.25) is 0 Å². The Morgan fingerprint density at radius 1 is 1.39 bits per heavy atom. The van der Waals surface area contributed by atoms with E-state index in [0.29, 0.717) is 12.3 Å². The predicted octanol–water partition coefficient (Wildman–Crippen LogP) is -0.577. The molecule has 1 unspecified atom stereocenters. The van der Waals surface area contributed by atoms with Gasteiger partial charge in [-0.25, -0.2) is 4.79 Å². The van der Waals surface area contributed by atoms with E-state index in [4.69, 9.17) is 5.11 Å². The Balaban J connectivity index is 1.92. The number of aliphatic hydroxyl groups excluding tert-OH is 1. The van der Waals surface area contributed by atoms with Gasteiger partial charge >= 0.3 is 5.97 Å². The van der Waals surface area contributed by atoms with Gasteiger partial charge in [0.2, 0.25) is 5.91 Å². The zero-order chi connectivity index (χ0) is 13.1. The average Bonchev–Trinajstić information content (AvgIpc) is 2.73. The maximum atomic E-state index is 12.1. The molecule has 18 heavy (non-hydrogen) atoms. The van der Waals surface area contributed by atoms with Gasteiger partial charge in [-0.1, -0.05) is 0 Å². The number of rotatable bonds is 3. The smallest absolute Gasteiger partial charge is 0.326 e. The molecule has 0 spiro atoms. The third-order valence-corrected chi connectivity index (χ3v) is 3.75. The van der Waals surface area contributed by atoms with Crippen LogP contribution in [0, 0.1) is 5.92 Å². The number of piperidine rings is 1. The van der Waals surface area contributed by atoms with E-state index in [-0.39, 0.29) is 18.9 Å². The lowest BCUT2D eigenvalue weighted by Gasteiger charge is -2.26. The second-order valence-corrected chi connectivity index (χ2v) is 5.21. The second-order valence-electron chi connectivity index (χ2n) is 5.21. The van der Waals surface area contributed by atoms with E-state index < -0.39 is 18.1 Å². The zero-order valence-corrected chi connectivity index (χ0v) is 10.3. The highest BCUT2D eigenvalue weighted by Crippen LogP contribution is 2.22. The second kappa shape index (κ2) is 5.67. The van der Waals surface area contributed by atoms with E-state index >= 15 is 0 Å². The van der Waals surface area contributed by atoms with Crippen LogP contribution in [0.1, 0.15) is 25.7 Å². The normalized spacial score (nSPS) is 32.5. The summed E-state index contributed by atoms with van der Waals surface area (Å²) in [4.78, 5) is 24.5. The molecule has 102 valence electrons. The number of carbonyl (C=O) groups excluding carboxylic acids is 1. The third kappa shape index (κ3) is 3.00. The fraction of sp³-hybridized carbons (Fsp3) is 0.833. The van der Waals surface area contributed by atoms with Crippen molar-refractivity contribution in [1.29, 1.82) is 0 Å². The van der Waals surface area contributed by atoms with Gasteiger partial charge in [0.15, 0.2) is 0 Å². The van der Waals surface area contributed by atoms with Crippen LogP contribution in [0.3, 0.4) is 0 Å². The van der Waals surface area contributed by atoms with Gasteiger partial charge in [0.1, 0.15) is 6.04 Å². The Bertz CT molecular complexity index is 328. The molecule has 2 rings (SSSR count). The van der Waals surface area contributed by atoms with Gasteiger partial charge in [-0.2, -0.15) is 0 Å². The highest BCUT2D eigenvalue weighted by Gasteiger charge is 2.39. The number of aliphatic hydroxyl groups is 1. The molecule has 0 aromatic carbocycles. The van der Waals surface area contributed by atoms with Crippen molar-refractivity contribution in [1.82, 2.24) is 10.2 Å². The van der Waals surface area contributed by atoms with Crippen LogP contribution in [0.5, 0.6) is 0 Å². The molecule has 2 saturated heterocycles. The van der Waals surface area contributed by atoms with Gasteiger partial charge in [0, 0.05) is 19.4 Å². The molecule has 0 bridgehead atoms. The number of likely N-dealkylation sites (tertiary alicyclic amines) is 1. The van der Waals surface area contributed by atoms with Crippen LogP contribution in [-0.4, -0.2) is 58.8 Å². The highest BCUT2D eigenvalue weighted by atomic mass is 16.4. The quantitative estimate of drug-likeness (QED) is 0.629. The molecule has 0 aromatic rings. The third-order valence-electron chi connectivity index (χ3n) is 3.75. The molecule has 2 heterocycles. The van der Waals surface area contributed by atoms with E-state index in [1.54, 1.807) is 0 Å². The summed E-state index contributed by atoms with van der Waals surface area (Å²) in [6.45, 7) is 1.96. The fourth-order valence-corrected chi connectivity index (χ4v) is 2.79. The summed E-state index contributed by atoms with van der Waals surface area (Å²) in [5.74, 6) is -0.882. The molecular weight excluding hydrogens is 236 g/mol. The first-order valence-corrected chi connectivity index (χ1v) is 6.49. The minimum Gasteiger partial charge on any atom is -0.480 e. The van der Waals surface area contributed by atoms with Crippen molar-refractivity contribution in [3.63, 3.8) is 0 Å². The Hall–Kier alpha value is -1.14. The van der Waals surface area contributed by atoms with Crippen molar-refractivity contribution in [3.05, 3.63) is 0 Å². The molecule has 0 saturated carbocycles. The number of carboxylic acid groups (broad SMARTS) is 1. The molecule has 0 aromatic heterocycles. The summed E-state index contributed by atoms with van der Waals surface area (Å²) in [7, 11) is 0. The van der Waals surface area contributed by atoms with Crippen molar-refractivity contribution in [2.45, 2.75) is 37.8 Å². The average molecular weight is 256 g/mol. The van der Waals surface area contributed by atoms with Gasteiger partial charge in [0.25, 0.3) is 0 Å². The van der Waals surface area contributed by atoms with Gasteiger partial charge in [-0.3, -0.25) is 4.79 Å². The Kier molecular flexibility index (Phi) is 4.19. The SMILES string of the molecule is O=C(O)[C@@H]1C[C@H](O)CN1C(=O)CC1CCCNC1. The van der Waals surface area contributed by atoms with Crippen LogP contribution >= 0.6 is 0 Å². The highest BCUT2D eigenvalue weighted by molar-refractivity contribution is 5.84. The number of nitrogens with zero attached hydrogens (tertiary/aromatic N) is 1. The van der Waals surface area contributed by atoms with E-state index in [1.165, 1.54) is 4.90 Å². The van der Waals surface area contributed by atoms with E-state index in [9.17, 15) is 14.7 Å². The van der Waals surface area contributed by atoms with Gasteiger partial charge in [0.05, 0.1) is 6.10 Å². The molecule has 3 atom stereocenters. The minimum atomic E-state index is -1.03. The van der Waals surface area contributed by atoms with E-state index in [0.717, 1.165) is 25.9 Å². The van der Waals surface area contributed by atoms with Crippen molar-refractivity contribution < 1.29 is 19.8 Å². The van der Waals surface area contributed by atoms with Crippen LogP contribution < -0.4 is 5.32 Å².